The van der Waals surface area contributed by atoms with Gasteiger partial charge < -0.3 is 4.98 Å². The van der Waals surface area contributed by atoms with Crippen molar-refractivity contribution in [3.05, 3.63) is 70.1 Å². The molecule has 3 heteroatoms. The average molecular weight is 304 g/mol. The maximum absolute atomic E-state index is 13.6. The van der Waals surface area contributed by atoms with Crippen LogP contribution in [0, 0.1) is 5.82 Å². The second-order valence-corrected chi connectivity index (χ2v) is 5.19. The van der Waals surface area contributed by atoms with Crippen LogP contribution in [0.2, 0.25) is 0 Å². The number of H-pyrrole nitrogens is 1. The lowest BCUT2D eigenvalue weighted by Crippen LogP contribution is -1.90. The summed E-state index contributed by atoms with van der Waals surface area (Å²) in [6, 6.07) is 13.0. The van der Waals surface area contributed by atoms with Crippen LogP contribution in [0.4, 0.5) is 4.39 Å². The van der Waals surface area contributed by atoms with E-state index >= 15 is 0 Å². The van der Waals surface area contributed by atoms with Crippen LogP contribution in [0.5, 0.6) is 0 Å². The summed E-state index contributed by atoms with van der Waals surface area (Å²) in [5, 5.41) is 1.13. The van der Waals surface area contributed by atoms with Crippen LogP contribution in [0.3, 0.4) is 0 Å². The minimum atomic E-state index is -0.151. The van der Waals surface area contributed by atoms with Gasteiger partial charge in [0.15, 0.2) is 0 Å². The molecule has 1 nitrogen and oxygen atoms in total. The van der Waals surface area contributed by atoms with Crippen LogP contribution in [0.25, 0.3) is 10.9 Å². The Hall–Kier alpha value is -1.61. The first-order valence-corrected chi connectivity index (χ1v) is 6.52. The van der Waals surface area contributed by atoms with Crippen molar-refractivity contribution < 1.29 is 4.39 Å². The molecular weight excluding hydrogens is 293 g/mol. The van der Waals surface area contributed by atoms with Crippen molar-refractivity contribution in [3.8, 4) is 0 Å². The molecule has 3 aromatic rings. The van der Waals surface area contributed by atoms with E-state index in [0.717, 1.165) is 26.5 Å². The summed E-state index contributed by atoms with van der Waals surface area (Å²) in [4.78, 5) is 3.21. The van der Waals surface area contributed by atoms with Gasteiger partial charge in [0.1, 0.15) is 5.82 Å². The number of benzene rings is 2. The van der Waals surface area contributed by atoms with Gasteiger partial charge in [-0.25, -0.2) is 4.39 Å². The third-order valence-corrected chi connectivity index (χ3v) is 3.56. The number of hydrogen-bond donors (Lipinski definition) is 1. The highest BCUT2D eigenvalue weighted by atomic mass is 79.9. The summed E-state index contributed by atoms with van der Waals surface area (Å²) in [6.45, 7) is 0. The van der Waals surface area contributed by atoms with E-state index in [1.165, 1.54) is 6.07 Å². The molecule has 0 spiro atoms. The van der Waals surface area contributed by atoms with Gasteiger partial charge in [-0.1, -0.05) is 34.1 Å². The minimum absolute atomic E-state index is 0.151. The van der Waals surface area contributed by atoms with Crippen LogP contribution in [0.15, 0.2) is 53.1 Å². The molecule has 0 aliphatic heterocycles. The Labute approximate surface area is 113 Å². The highest BCUT2D eigenvalue weighted by molar-refractivity contribution is 9.10. The van der Waals surface area contributed by atoms with Crippen molar-refractivity contribution in [3.63, 3.8) is 0 Å². The Bertz CT molecular complexity index is 703. The number of hydrogen-bond acceptors (Lipinski definition) is 0. The zero-order chi connectivity index (χ0) is 12.5. The molecule has 3 rings (SSSR count). The quantitative estimate of drug-likeness (QED) is 0.708. The Kier molecular flexibility index (Phi) is 2.92. The van der Waals surface area contributed by atoms with Crippen LogP contribution < -0.4 is 0 Å². The molecule has 90 valence electrons. The highest BCUT2D eigenvalue weighted by Gasteiger charge is 2.07. The van der Waals surface area contributed by atoms with Crippen LogP contribution in [-0.4, -0.2) is 4.98 Å². The SMILES string of the molecule is Fc1ccccc1Cc1c[nH]c2ccc(Br)cc12. The maximum Gasteiger partial charge on any atom is 0.126 e. The first-order chi connectivity index (χ1) is 8.74. The fourth-order valence-corrected chi connectivity index (χ4v) is 2.50. The lowest BCUT2D eigenvalue weighted by Gasteiger charge is -2.02. The van der Waals surface area contributed by atoms with Crippen molar-refractivity contribution >= 4 is 26.8 Å². The molecule has 2 aromatic carbocycles. The minimum Gasteiger partial charge on any atom is -0.361 e. The Balaban J connectivity index is 2.05. The van der Waals surface area contributed by atoms with Crippen LogP contribution >= 0.6 is 15.9 Å². The predicted molar refractivity (Wildman–Crippen MR) is 75.2 cm³/mol. The highest BCUT2D eigenvalue weighted by Crippen LogP contribution is 2.25. The number of halogens is 2. The predicted octanol–water partition coefficient (Wildman–Crippen LogP) is 4.66. The van der Waals surface area contributed by atoms with E-state index in [2.05, 4.69) is 27.0 Å². The number of aromatic amines is 1. The van der Waals surface area contributed by atoms with Gasteiger partial charge in [0, 0.05) is 28.0 Å². The van der Waals surface area contributed by atoms with Gasteiger partial charge in [0.2, 0.25) is 0 Å². The van der Waals surface area contributed by atoms with E-state index in [0.29, 0.717) is 6.42 Å². The molecule has 0 amide bonds. The van der Waals surface area contributed by atoms with Crippen molar-refractivity contribution in [1.29, 1.82) is 0 Å². The monoisotopic (exact) mass is 303 g/mol. The van der Waals surface area contributed by atoms with E-state index in [-0.39, 0.29) is 5.82 Å². The number of aromatic nitrogens is 1. The largest absolute Gasteiger partial charge is 0.361 e. The first kappa shape index (κ1) is 11.5. The van der Waals surface area contributed by atoms with E-state index in [9.17, 15) is 4.39 Å². The first-order valence-electron chi connectivity index (χ1n) is 5.73. The molecule has 0 saturated carbocycles. The van der Waals surface area contributed by atoms with Gasteiger partial charge in [0.25, 0.3) is 0 Å². The lowest BCUT2D eigenvalue weighted by molar-refractivity contribution is 0.614. The normalized spacial score (nSPS) is 11.0. The molecule has 0 aliphatic rings. The number of rotatable bonds is 2. The van der Waals surface area contributed by atoms with Gasteiger partial charge in [-0.15, -0.1) is 0 Å². The molecule has 0 aliphatic carbocycles. The van der Waals surface area contributed by atoms with Crippen molar-refractivity contribution in [1.82, 2.24) is 4.98 Å². The molecular formula is C15H11BrFN. The van der Waals surface area contributed by atoms with Gasteiger partial charge in [-0.3, -0.25) is 0 Å². The third-order valence-electron chi connectivity index (χ3n) is 3.07. The van der Waals surface area contributed by atoms with Gasteiger partial charge in [0.05, 0.1) is 0 Å². The average Bonchev–Trinajstić information content (AvgIpc) is 2.75. The van der Waals surface area contributed by atoms with E-state index < -0.39 is 0 Å². The third kappa shape index (κ3) is 2.06. The molecule has 0 atom stereocenters. The molecule has 0 bridgehead atoms. The van der Waals surface area contributed by atoms with E-state index in [1.54, 1.807) is 6.07 Å². The molecule has 0 fully saturated rings. The zero-order valence-corrected chi connectivity index (χ0v) is 11.2. The Morgan fingerprint density at radius 3 is 2.72 bits per heavy atom. The van der Waals surface area contributed by atoms with Crippen LogP contribution in [0.1, 0.15) is 11.1 Å². The number of fused-ring (bicyclic) bond motifs is 1. The fraction of sp³-hybridized carbons (Fsp3) is 0.0667. The molecule has 0 unspecified atom stereocenters. The Morgan fingerprint density at radius 2 is 1.89 bits per heavy atom. The molecule has 1 heterocycles. The second-order valence-electron chi connectivity index (χ2n) is 4.27. The van der Waals surface area contributed by atoms with E-state index in [4.69, 9.17) is 0 Å². The summed E-state index contributed by atoms with van der Waals surface area (Å²) in [5.41, 5.74) is 2.90. The smallest absolute Gasteiger partial charge is 0.126 e. The fourth-order valence-electron chi connectivity index (χ4n) is 2.14. The molecule has 1 aromatic heterocycles. The molecule has 1 N–H and O–H groups in total. The summed E-state index contributed by atoms with van der Waals surface area (Å²) >= 11 is 3.46. The topological polar surface area (TPSA) is 15.8 Å². The summed E-state index contributed by atoms with van der Waals surface area (Å²) in [7, 11) is 0. The maximum atomic E-state index is 13.6. The van der Waals surface area contributed by atoms with Gasteiger partial charge in [-0.2, -0.15) is 0 Å². The summed E-state index contributed by atoms with van der Waals surface area (Å²) in [6.07, 6.45) is 2.55. The second kappa shape index (κ2) is 4.58. The van der Waals surface area contributed by atoms with Crippen molar-refractivity contribution in [2.45, 2.75) is 6.42 Å². The molecule has 18 heavy (non-hydrogen) atoms. The summed E-state index contributed by atoms with van der Waals surface area (Å²) in [5.74, 6) is -0.151. The Morgan fingerprint density at radius 1 is 1.06 bits per heavy atom. The van der Waals surface area contributed by atoms with E-state index in [1.807, 2.05) is 30.5 Å². The van der Waals surface area contributed by atoms with Crippen molar-refractivity contribution in [2.24, 2.45) is 0 Å². The number of nitrogens with one attached hydrogen (secondary N) is 1. The zero-order valence-electron chi connectivity index (χ0n) is 9.58. The van der Waals surface area contributed by atoms with Crippen LogP contribution in [-0.2, 0) is 6.42 Å². The summed E-state index contributed by atoms with van der Waals surface area (Å²) < 4.78 is 14.7. The van der Waals surface area contributed by atoms with Gasteiger partial charge >= 0.3 is 0 Å². The lowest BCUT2D eigenvalue weighted by atomic mass is 10.0. The molecule has 0 radical (unpaired) electrons. The van der Waals surface area contributed by atoms with Gasteiger partial charge in [-0.05, 0) is 35.4 Å². The standard InChI is InChI=1S/C15H11BrFN/c16-12-5-6-15-13(8-12)11(9-18-15)7-10-3-1-2-4-14(10)17/h1-6,8-9,18H,7H2. The molecule has 0 saturated heterocycles. The van der Waals surface area contributed by atoms with Crippen molar-refractivity contribution in [2.75, 3.05) is 0 Å².